The summed E-state index contributed by atoms with van der Waals surface area (Å²) in [5.41, 5.74) is 9.16. The molecule has 0 saturated heterocycles. The summed E-state index contributed by atoms with van der Waals surface area (Å²) in [6.07, 6.45) is 3.87. The third-order valence-corrected chi connectivity index (χ3v) is 26.1. The van der Waals surface area contributed by atoms with E-state index in [4.69, 9.17) is 97.5 Å². The molecule has 15 rings (SSSR count). The van der Waals surface area contributed by atoms with Crippen molar-refractivity contribution in [1.82, 2.24) is 41.2 Å². The Morgan fingerprint density at radius 3 is 0.864 bits per heavy atom. The summed E-state index contributed by atoms with van der Waals surface area (Å²) in [6.45, 7) is 11.2. The molecule has 0 atom stereocenters. The minimum Gasteiger partial charge on any atom is -0.0622 e. The summed E-state index contributed by atoms with van der Waals surface area (Å²) < 4.78 is 75.0. The second-order valence-corrected chi connectivity index (χ2v) is 39.4. The number of rotatable bonds is 26. The van der Waals surface area contributed by atoms with Crippen molar-refractivity contribution in [3.8, 4) is 105 Å². The number of aromatic amines is 3. The Labute approximate surface area is 913 Å². The summed E-state index contributed by atoms with van der Waals surface area (Å²) in [6, 6.07) is 84.8. The molecule has 0 bridgehead atoms. The summed E-state index contributed by atoms with van der Waals surface area (Å²) in [5, 5.41) is 36.6. The van der Waals surface area contributed by atoms with Gasteiger partial charge in [0.15, 0.2) is 34.5 Å². The summed E-state index contributed by atoms with van der Waals surface area (Å²) >= 11 is 7.91. The van der Waals surface area contributed by atoms with E-state index >= 15 is 0 Å². The van der Waals surface area contributed by atoms with Crippen LogP contribution in [0.15, 0.2) is 255 Å². The van der Waals surface area contributed by atoms with Crippen LogP contribution in [-0.2, 0) is 38.2 Å². The first-order chi connectivity index (χ1) is 70.0. The molecule has 37 heteroatoms. The van der Waals surface area contributed by atoms with Gasteiger partial charge in [0.1, 0.15) is 62.1 Å². The molecule has 12 aromatic carbocycles. The van der Waals surface area contributed by atoms with Gasteiger partial charge in [-0.1, -0.05) is 219 Å². The maximum Gasteiger partial charge on any atom is -0.0134 e. The van der Waals surface area contributed by atoms with Crippen LogP contribution in [0.25, 0.3) is 32.7 Å². The molecule has 3 aromatic heterocycles. The van der Waals surface area contributed by atoms with Gasteiger partial charge in [0.25, 0.3) is 0 Å². The molecular formula is C110H116BCl2CuI2N9O19P2Pd. The van der Waals surface area contributed by atoms with Crippen LogP contribution in [-0.4, -0.2) is 185 Å². The first kappa shape index (κ1) is 123. The van der Waals surface area contributed by atoms with Crippen LogP contribution in [0.3, 0.4) is 0 Å². The first-order valence-corrected chi connectivity index (χ1v) is 54.6. The van der Waals surface area contributed by atoms with E-state index in [0.29, 0.717) is 141 Å². The summed E-state index contributed by atoms with van der Waals surface area (Å²) in [7, 11) is 26.8. The number of nitrogens with two attached hydrogens (primary N) is 1. The molecule has 0 fully saturated rings. The van der Waals surface area contributed by atoms with E-state index in [1.807, 2.05) is 12.1 Å². The van der Waals surface area contributed by atoms with Crippen molar-refractivity contribution in [2.24, 2.45) is 5.73 Å². The summed E-state index contributed by atoms with van der Waals surface area (Å²) in [5.74, 6) is 18.3. The number of carbonyl (C=O) groups is 5. The van der Waals surface area contributed by atoms with Gasteiger partial charge in [-0.2, -0.15) is 15.3 Å². The van der Waals surface area contributed by atoms with Crippen LogP contribution < -0.4 is 105 Å². The number of fused-ring (bicyclic) bond motifs is 3. The minimum absolute atomic E-state index is 0. The number of nitrogens with one attached hydrogen (secondary N) is 5. The Hall–Kier alpha value is -13.0. The number of alkyl carbamates (subject to hydrolysis) is 2. The number of ether oxygens (including phenoxy) is 14. The molecule has 2 amide bonds. The summed E-state index contributed by atoms with van der Waals surface area (Å²) in [4.78, 5) is 62.3. The third kappa shape index (κ3) is 34.3. The van der Waals surface area contributed by atoms with E-state index in [-0.39, 0.29) is 75.9 Å². The zero-order valence-corrected chi connectivity index (χ0v) is 93.3. The Bertz CT molecular complexity index is 6610. The normalized spacial score (nSPS) is 10.2. The topological polar surface area (TPSA) is 351 Å². The van der Waals surface area contributed by atoms with Crippen LogP contribution in [0.5, 0.6) is 69.0 Å². The zero-order valence-electron chi connectivity index (χ0n) is 83.2. The number of nitrogens with zero attached hydrogens (tertiary/aromatic N) is 3. The smallest absolute Gasteiger partial charge is 0.0134 e. The standard InChI is InChI=1S/C26H29N3O7.C21H21N3O5.C18H17IN2O5.2C18H15P.C8H13NO2.CH4.B.2ClH.Cu.HI.Pd.H2/c1-26(2,3)36-25(31)27-12-8-9-16-18(32-4)11-10-17-21(16)28-29-22(17)23(30)15-13-19(33-5)24(35-7)20(14-15)34-6;1-26-15-8-7-14-18(13(15)6-5-9-22)23-24-19(14)20(25)12-10-16(27-2)21(29-4)17(11-12)28-3;1-23-11-6-5-10-15(14(11)19)20-21-16(10)17(22)9-7-12(24-2)18(26-4)13(8-9)25-3;2*1-4-10-16(11-5-1)19(17-12-6-2-7-13-17)18-14-8-3-9-15-18;1-5-6-9-7(10)11-8(2,3)4;;;;;;;;/h10-11,13-14H,12H2,1-7H3,(H,27,31)(H,28,29);7-8,10-11H,9,22H2,1-4H3,(H,23,24);5-8H,1-4H3,(H,20,21);2*1-15H;1H,6H2,2-4H3,(H,9,10);1H4;;2*1H;;1H;;1H/q;;;;;;;;;;+1;;+2;/p-3/i;;;;;;;;;;;;;1+1. The third-order valence-electron chi connectivity index (χ3n) is 20.2. The number of amides is 2. The fourth-order valence-electron chi connectivity index (χ4n) is 14.0. The number of hydrogen-bond acceptors (Lipinski definition) is 23. The van der Waals surface area contributed by atoms with Crippen molar-refractivity contribution in [2.75, 3.05) is 105 Å². The first-order valence-electron chi connectivity index (χ1n) is 43.8. The monoisotopic (exact) mass is 2430 g/mol. The number of aromatic nitrogens is 6. The fourth-order valence-corrected chi connectivity index (χ4v) is 19.4. The molecule has 0 aliphatic carbocycles. The van der Waals surface area contributed by atoms with Gasteiger partial charge in [-0.3, -0.25) is 29.7 Å². The maximum absolute atomic E-state index is 13.4. The van der Waals surface area contributed by atoms with Crippen molar-refractivity contribution in [2.45, 2.75) is 60.2 Å². The van der Waals surface area contributed by atoms with Gasteiger partial charge < -0.3 is 82.7 Å². The molecule has 15 aromatic rings. The van der Waals surface area contributed by atoms with Gasteiger partial charge in [-0.25, -0.2) is 9.59 Å². The van der Waals surface area contributed by atoms with Crippen molar-refractivity contribution in [3.63, 3.8) is 0 Å². The quantitative estimate of drug-likeness (QED) is 0.00964. The number of H-pyrrole nitrogens is 3. The van der Waals surface area contributed by atoms with E-state index in [1.165, 1.54) is 103 Å². The molecule has 3 heterocycles. The van der Waals surface area contributed by atoms with Crippen molar-refractivity contribution in [3.05, 3.63) is 303 Å². The molecule has 0 aliphatic rings. The van der Waals surface area contributed by atoms with Crippen LogP contribution in [0.4, 0.5) is 9.59 Å². The van der Waals surface area contributed by atoms with Gasteiger partial charge in [0.2, 0.25) is 34.6 Å². The van der Waals surface area contributed by atoms with Gasteiger partial charge in [-0.05, 0) is 185 Å². The maximum atomic E-state index is 13.4. The van der Waals surface area contributed by atoms with E-state index < -0.39 is 39.2 Å². The molecule has 0 spiro atoms. The van der Waals surface area contributed by atoms with Crippen LogP contribution >= 0.6 is 77.8 Å². The number of benzene rings is 12. The molecule has 147 heavy (non-hydrogen) atoms. The van der Waals surface area contributed by atoms with E-state index in [2.05, 4.69) is 288 Å². The number of ketones is 3. The Balaban J connectivity index is 0.000000316. The van der Waals surface area contributed by atoms with Crippen molar-refractivity contribution >= 4 is 180 Å². The van der Waals surface area contributed by atoms with E-state index in [0.717, 1.165) is 3.57 Å². The molecule has 777 valence electrons. The average Bonchev–Trinajstić information content (AvgIpc) is 1.62. The van der Waals surface area contributed by atoms with Gasteiger partial charge >= 0.3 is 80.3 Å². The number of methoxy groups -OCH3 is 12. The number of halogens is 4. The Morgan fingerprint density at radius 1 is 0.388 bits per heavy atom. The molecule has 0 unspecified atom stereocenters. The number of terminal acetylenes is 1. The molecule has 7 N–H and O–H groups in total. The van der Waals surface area contributed by atoms with E-state index in [9.17, 15) is 24.0 Å². The Kier molecular flexibility index (Phi) is 52.4. The zero-order chi connectivity index (χ0) is 106. The fraction of sp³-hybridized carbons (Fsp3) is 0.218. The van der Waals surface area contributed by atoms with Gasteiger partial charge in [0, 0.05) is 42.7 Å². The second-order valence-electron chi connectivity index (χ2n) is 31.5. The van der Waals surface area contributed by atoms with Crippen LogP contribution in [0, 0.1) is 39.6 Å². The average molecular weight is 2440 g/mol. The van der Waals surface area contributed by atoms with E-state index in [1.54, 1.807) is 137 Å². The number of hydrogen-bond donors (Lipinski definition) is 6. The SMILES string of the molecule is C.C#CCNC(=O)OC(C)(C)C.COc1cc(C(=O)c2[nH]nc3c(C#CCN)c(OC)ccc23)cc(OC)c1OC.COc1cc(C(=O)c2[nH]nc3c(C#CCNC(=O)OC(C)(C)C)c(OC)ccc23)cc(OC)c1OC.COc1cc(C(=O)c2[nH]nc3c(I)c(OC)ccc23)cc(OC)c1OC.[2HH].[B].[Cl][Pd][Cl].[Cu][I].c1ccc(P(c2ccccc2)c2ccccc2)cc1.c1ccc(P(c2ccccc2)c2ccccc2)cc1. The van der Waals surface area contributed by atoms with Gasteiger partial charge in [0.05, 0.1) is 120 Å². The minimum atomic E-state index is -0.609. The van der Waals surface area contributed by atoms with Gasteiger partial charge in [-0.15, -0.1) is 6.42 Å². The molecule has 3 radical (unpaired) electrons. The molecule has 0 saturated carbocycles. The predicted molar refractivity (Wildman–Crippen MR) is 600 cm³/mol. The molecule has 28 nitrogen and oxygen atoms in total. The predicted octanol–water partition coefficient (Wildman–Crippen LogP) is 20.1. The Morgan fingerprint density at radius 2 is 0.626 bits per heavy atom. The largest absolute Gasteiger partial charge is 0.0622 e. The van der Waals surface area contributed by atoms with Crippen LogP contribution in [0.1, 0.15) is 110 Å². The van der Waals surface area contributed by atoms with Crippen LogP contribution in [0.2, 0.25) is 0 Å². The van der Waals surface area contributed by atoms with Crippen molar-refractivity contribution < 1.29 is 120 Å². The van der Waals surface area contributed by atoms with Crippen molar-refractivity contribution in [1.29, 1.82) is 0 Å². The second kappa shape index (κ2) is 62.9. The molecule has 0 aliphatic heterocycles. The number of carbonyl (C=O) groups excluding carboxylic acids is 5. The molecular weight excluding hydrogens is 2320 g/mol.